The largest absolute Gasteiger partial charge is 0.380 e. The van der Waals surface area contributed by atoms with Crippen LogP contribution in [-0.2, 0) is 21.1 Å². The van der Waals surface area contributed by atoms with Crippen LogP contribution in [0, 0.1) is 37.0 Å². The Morgan fingerprint density at radius 3 is 2.36 bits per heavy atom. The fourth-order valence-electron chi connectivity index (χ4n) is 5.67. The lowest BCUT2D eigenvalue weighted by Crippen LogP contribution is -2.51. The van der Waals surface area contributed by atoms with E-state index >= 15 is 0 Å². The first-order chi connectivity index (χ1) is 21.0. The molecule has 2 amide bonds. The molecule has 0 saturated heterocycles. The van der Waals surface area contributed by atoms with Crippen molar-refractivity contribution in [1.29, 1.82) is 5.41 Å². The molecule has 0 aliphatic heterocycles. The topological polar surface area (TPSA) is 121 Å². The van der Waals surface area contributed by atoms with Crippen LogP contribution in [0.2, 0.25) is 0 Å². The second kappa shape index (κ2) is 15.5. The van der Waals surface area contributed by atoms with Gasteiger partial charge in [0.15, 0.2) is 0 Å². The first-order valence-electron chi connectivity index (χ1n) is 15.5. The summed E-state index contributed by atoms with van der Waals surface area (Å²) in [5.74, 6) is 2.40. The number of anilines is 1. The van der Waals surface area contributed by atoms with Gasteiger partial charge >= 0.3 is 0 Å². The Morgan fingerprint density at radius 2 is 1.80 bits per heavy atom. The van der Waals surface area contributed by atoms with Gasteiger partial charge in [0.2, 0.25) is 5.91 Å². The van der Waals surface area contributed by atoms with E-state index in [9.17, 15) is 9.59 Å². The van der Waals surface area contributed by atoms with Crippen molar-refractivity contribution in [1.82, 2.24) is 20.4 Å². The summed E-state index contributed by atoms with van der Waals surface area (Å²) in [6.07, 6.45) is 15.8. The molecule has 1 atom stereocenters. The van der Waals surface area contributed by atoms with Crippen molar-refractivity contribution in [3.05, 3.63) is 47.4 Å². The van der Waals surface area contributed by atoms with Crippen LogP contribution in [0.5, 0.6) is 0 Å². The average molecular weight is 643 g/mol. The number of nitrogens with one attached hydrogen (secondary N) is 4. The molecule has 0 spiro atoms. The number of carbonyl (C=O) groups excluding carboxylic acids is 2. The number of hydrogen-bond donors (Lipinski definition) is 4. The molecule has 1 aromatic heterocycles. The zero-order valence-corrected chi connectivity index (χ0v) is 28.7. The van der Waals surface area contributed by atoms with E-state index in [2.05, 4.69) is 41.6 Å². The highest BCUT2D eigenvalue weighted by atomic mass is 32.3. The molecule has 2 aliphatic carbocycles. The number of hydrogen-bond acceptors (Lipinski definition) is 7. The molecule has 2 saturated carbocycles. The lowest BCUT2D eigenvalue weighted by atomic mass is 9.88. The lowest BCUT2D eigenvalue weighted by Gasteiger charge is -2.28. The smallest absolute Gasteiger partial charge is 0.268 e. The molecule has 2 aliphatic rings. The summed E-state index contributed by atoms with van der Waals surface area (Å²) in [5, 5.41) is 21.5. The molecule has 44 heavy (non-hydrogen) atoms. The first-order valence-corrected chi connectivity index (χ1v) is 19.9. The van der Waals surface area contributed by atoms with E-state index in [0.29, 0.717) is 36.5 Å². The van der Waals surface area contributed by atoms with Crippen LogP contribution < -0.4 is 16.0 Å². The van der Waals surface area contributed by atoms with Crippen molar-refractivity contribution in [3.63, 3.8) is 0 Å². The van der Waals surface area contributed by atoms with Crippen molar-refractivity contribution in [2.75, 3.05) is 55.0 Å². The summed E-state index contributed by atoms with van der Waals surface area (Å²) < 4.78 is 7.85. The maximum atomic E-state index is 13.8. The van der Waals surface area contributed by atoms with Crippen LogP contribution in [-0.4, -0.2) is 83.5 Å². The Balaban J connectivity index is 1.45. The summed E-state index contributed by atoms with van der Waals surface area (Å²) in [7, 11) is -0.597. The highest BCUT2D eigenvalue weighted by Crippen LogP contribution is 2.51. The maximum Gasteiger partial charge on any atom is 0.268 e. The van der Waals surface area contributed by atoms with E-state index in [1.807, 2.05) is 42.1 Å². The molecule has 1 heterocycles. The van der Waals surface area contributed by atoms with Gasteiger partial charge in [-0.3, -0.25) is 9.59 Å². The van der Waals surface area contributed by atoms with Gasteiger partial charge in [-0.1, -0.05) is 12.1 Å². The number of benzene rings is 1. The van der Waals surface area contributed by atoms with Crippen molar-refractivity contribution < 1.29 is 14.3 Å². The Kier molecular flexibility index (Phi) is 12.0. The molecule has 0 bridgehead atoms. The van der Waals surface area contributed by atoms with Gasteiger partial charge in [0.05, 0.1) is 12.3 Å². The number of rotatable bonds is 18. The fraction of sp³-hybridized carbons (Fsp3) is 0.576. The molecule has 11 heteroatoms. The minimum Gasteiger partial charge on any atom is -0.380 e. The predicted octanol–water partition coefficient (Wildman–Crippen LogP) is 5.18. The average Bonchev–Trinajstić information content (AvgIpc) is 3.91. The molecule has 1 aromatic carbocycles. The highest BCUT2D eigenvalue weighted by molar-refractivity contribution is 8.32. The molecule has 4 N–H and O–H groups in total. The number of nitrogens with zero attached hydrogens (tertiary/aromatic N) is 2. The normalized spacial score (nSPS) is 16.5. The summed E-state index contributed by atoms with van der Waals surface area (Å²) >= 11 is 1.68. The van der Waals surface area contributed by atoms with E-state index < -0.39 is 16.1 Å². The molecular weight excluding hydrogens is 593 g/mol. The van der Waals surface area contributed by atoms with Crippen LogP contribution >= 0.6 is 21.8 Å². The van der Waals surface area contributed by atoms with E-state index in [1.165, 1.54) is 6.08 Å². The number of aryl methyl sites for hydroxylation is 1. The van der Waals surface area contributed by atoms with Crippen LogP contribution in [0.3, 0.4) is 0 Å². The monoisotopic (exact) mass is 642 g/mol. The number of carbonyl (C=O) groups is 2. The van der Waals surface area contributed by atoms with Gasteiger partial charge in [0, 0.05) is 41.2 Å². The SMILES string of the molecule is CSCCN/C(=C\C=N)C(=O)NC(C(=O)Nc1ccc(-c2c(C)nn(COCCS(C)(C)C)c2C)cc1)C(C1CC1)C1CC1. The van der Waals surface area contributed by atoms with Crippen molar-refractivity contribution in [2.24, 2.45) is 17.8 Å². The second-order valence-electron chi connectivity index (χ2n) is 12.8. The molecule has 2 fully saturated rings. The maximum absolute atomic E-state index is 13.8. The third kappa shape index (κ3) is 9.62. The van der Waals surface area contributed by atoms with Gasteiger partial charge in [0.25, 0.3) is 5.91 Å². The van der Waals surface area contributed by atoms with Gasteiger partial charge in [-0.15, -0.1) is 0 Å². The van der Waals surface area contributed by atoms with Gasteiger partial charge in [-0.25, -0.2) is 14.7 Å². The van der Waals surface area contributed by atoms with E-state index in [4.69, 9.17) is 15.2 Å². The lowest BCUT2D eigenvalue weighted by molar-refractivity contribution is -0.126. The number of allylic oxidation sites excluding steroid dienone is 1. The molecule has 1 unspecified atom stereocenters. The Bertz CT molecular complexity index is 1310. The Hall–Kier alpha value is -2.76. The van der Waals surface area contributed by atoms with Crippen LogP contribution in [0.15, 0.2) is 36.0 Å². The molecule has 0 radical (unpaired) electrons. The second-order valence-corrected chi connectivity index (χ2v) is 18.4. The third-order valence-corrected chi connectivity index (χ3v) is 10.3. The van der Waals surface area contributed by atoms with E-state index in [1.54, 1.807) is 11.8 Å². The Labute approximate surface area is 268 Å². The Morgan fingerprint density at radius 1 is 1.14 bits per heavy atom. The van der Waals surface area contributed by atoms with Crippen LogP contribution in [0.25, 0.3) is 11.1 Å². The van der Waals surface area contributed by atoms with Crippen molar-refractivity contribution in [3.8, 4) is 11.1 Å². The highest BCUT2D eigenvalue weighted by Gasteiger charge is 2.48. The van der Waals surface area contributed by atoms with Gasteiger partial charge < -0.3 is 26.1 Å². The van der Waals surface area contributed by atoms with Crippen LogP contribution in [0.1, 0.15) is 37.1 Å². The standard InChI is InChI=1S/C33H50N6O3S2/c1-22-29(23(2)39(38-22)21-42-18-20-44(4,5)6)24-11-13-27(14-12-24)36-33(41)31(30(25-7-8-25)26-9-10-26)37-32(40)28(15-16-34)35-17-19-43-3/h11-16,25-26,30-31,34-35H,7-10,17-21H2,1-6H3,(H,36,41)(H,37,40)/b28-15-,34-16?. The number of aromatic nitrogens is 2. The molecular formula is C33H50N6O3S2. The third-order valence-electron chi connectivity index (χ3n) is 8.28. The number of ether oxygens (including phenoxy) is 1. The first kappa shape index (κ1) is 34.1. The van der Waals surface area contributed by atoms with Gasteiger partial charge in [-0.2, -0.15) is 16.9 Å². The van der Waals surface area contributed by atoms with E-state index in [0.717, 1.165) is 72.5 Å². The molecule has 4 rings (SSSR count). The molecule has 2 aromatic rings. The minimum absolute atomic E-state index is 0.119. The van der Waals surface area contributed by atoms with Crippen molar-refractivity contribution >= 4 is 45.5 Å². The van der Waals surface area contributed by atoms with Gasteiger partial charge in [0.1, 0.15) is 18.5 Å². The minimum atomic E-state index is -0.638. The summed E-state index contributed by atoms with van der Waals surface area (Å²) in [6, 6.07) is 7.21. The summed E-state index contributed by atoms with van der Waals surface area (Å²) in [6.45, 7) is 5.82. The summed E-state index contributed by atoms with van der Waals surface area (Å²) in [5.41, 5.74) is 5.08. The summed E-state index contributed by atoms with van der Waals surface area (Å²) in [4.78, 5) is 27.1. The number of amides is 2. The van der Waals surface area contributed by atoms with Crippen LogP contribution in [0.4, 0.5) is 5.69 Å². The zero-order valence-electron chi connectivity index (χ0n) is 27.1. The van der Waals surface area contributed by atoms with E-state index in [-0.39, 0.29) is 17.7 Å². The number of thioether (sulfide) groups is 1. The molecule has 242 valence electrons. The van der Waals surface area contributed by atoms with Crippen molar-refractivity contribution in [2.45, 2.75) is 52.3 Å². The quantitative estimate of drug-likeness (QED) is 0.101. The molecule has 9 nitrogen and oxygen atoms in total. The van der Waals surface area contributed by atoms with Gasteiger partial charge in [-0.05, 0) is 106 Å². The fourth-order valence-corrected chi connectivity index (χ4v) is 6.60. The zero-order chi connectivity index (χ0) is 31.9. The predicted molar refractivity (Wildman–Crippen MR) is 186 cm³/mol.